The van der Waals surface area contributed by atoms with E-state index >= 15 is 0 Å². The lowest BCUT2D eigenvalue weighted by molar-refractivity contribution is -0.0669. The Balaban J connectivity index is 1.61. The van der Waals surface area contributed by atoms with Crippen molar-refractivity contribution < 1.29 is 4.74 Å². The maximum Gasteiger partial charge on any atom is 0.0674 e. The van der Waals surface area contributed by atoms with Gasteiger partial charge in [-0.25, -0.2) is 0 Å². The first-order chi connectivity index (χ1) is 9.67. The highest BCUT2D eigenvalue weighted by Gasteiger charge is 2.37. The maximum absolute atomic E-state index is 5.79. The fourth-order valence-electron chi connectivity index (χ4n) is 3.96. The van der Waals surface area contributed by atoms with Crippen molar-refractivity contribution in [3.63, 3.8) is 0 Å². The van der Waals surface area contributed by atoms with Crippen molar-refractivity contribution >= 4 is 0 Å². The maximum atomic E-state index is 5.79. The summed E-state index contributed by atoms with van der Waals surface area (Å²) in [5.74, 6) is 0. The molecule has 2 aliphatic carbocycles. The Labute approximate surface area is 124 Å². The topological polar surface area (TPSA) is 24.5 Å². The molecule has 116 valence electrons. The zero-order valence-electron chi connectivity index (χ0n) is 13.4. The molecule has 0 aromatic carbocycles. The average molecular weight is 280 g/mol. The van der Waals surface area contributed by atoms with Crippen LogP contribution < -0.4 is 5.32 Å². The fourth-order valence-corrected chi connectivity index (χ4v) is 3.96. The number of nitrogens with zero attached hydrogens (tertiary/aromatic N) is 1. The van der Waals surface area contributed by atoms with Crippen LogP contribution in [0.5, 0.6) is 0 Å². The molecule has 3 rings (SSSR count). The van der Waals surface area contributed by atoms with Crippen molar-refractivity contribution in [2.45, 2.75) is 77.0 Å². The first-order valence-electron chi connectivity index (χ1n) is 8.76. The summed E-state index contributed by atoms with van der Waals surface area (Å²) in [6.45, 7) is 9.10. The number of ether oxygens (including phenoxy) is 1. The van der Waals surface area contributed by atoms with Gasteiger partial charge in [-0.05, 0) is 44.9 Å². The second-order valence-electron chi connectivity index (χ2n) is 7.64. The van der Waals surface area contributed by atoms with E-state index in [9.17, 15) is 0 Å². The van der Waals surface area contributed by atoms with Crippen LogP contribution >= 0.6 is 0 Å². The van der Waals surface area contributed by atoms with Crippen molar-refractivity contribution in [3.8, 4) is 0 Å². The minimum Gasteiger partial charge on any atom is -0.376 e. The highest BCUT2D eigenvalue weighted by Crippen LogP contribution is 2.38. The van der Waals surface area contributed by atoms with Crippen molar-refractivity contribution in [2.24, 2.45) is 5.41 Å². The molecule has 2 atom stereocenters. The summed E-state index contributed by atoms with van der Waals surface area (Å²) >= 11 is 0. The van der Waals surface area contributed by atoms with Crippen LogP contribution in [0.2, 0.25) is 0 Å². The molecule has 0 bridgehead atoms. The monoisotopic (exact) mass is 280 g/mol. The van der Waals surface area contributed by atoms with Gasteiger partial charge >= 0.3 is 0 Å². The standard InChI is InChI=1S/C17H32N2O/c1-14-11-20-15(2)10-19(14)13-17(8-4-3-5-9-17)12-18-16-6-7-16/h14-16,18H,3-13H2,1-2H3. The summed E-state index contributed by atoms with van der Waals surface area (Å²) in [5, 5.41) is 3.82. The van der Waals surface area contributed by atoms with E-state index in [-0.39, 0.29) is 0 Å². The van der Waals surface area contributed by atoms with Crippen LogP contribution in [0.25, 0.3) is 0 Å². The zero-order chi connectivity index (χ0) is 14.0. The van der Waals surface area contributed by atoms with Gasteiger partial charge in [0.2, 0.25) is 0 Å². The number of morpholine rings is 1. The molecule has 20 heavy (non-hydrogen) atoms. The normalized spacial score (nSPS) is 35.1. The predicted octanol–water partition coefficient (Wildman–Crippen LogP) is 2.80. The van der Waals surface area contributed by atoms with E-state index in [1.165, 1.54) is 58.0 Å². The third-order valence-corrected chi connectivity index (χ3v) is 5.53. The molecule has 1 heterocycles. The lowest BCUT2D eigenvalue weighted by atomic mass is 9.73. The third kappa shape index (κ3) is 3.75. The van der Waals surface area contributed by atoms with E-state index in [4.69, 9.17) is 4.74 Å². The highest BCUT2D eigenvalue weighted by molar-refractivity contribution is 4.93. The van der Waals surface area contributed by atoms with Gasteiger partial charge in [0, 0.05) is 31.7 Å². The van der Waals surface area contributed by atoms with Gasteiger partial charge < -0.3 is 10.1 Å². The predicted molar refractivity (Wildman–Crippen MR) is 83.0 cm³/mol. The minimum absolute atomic E-state index is 0.406. The average Bonchev–Trinajstić information content (AvgIpc) is 3.26. The SMILES string of the molecule is CC1CN(CC2(CNC3CC3)CCCCC2)C(C)CO1. The molecule has 1 saturated heterocycles. The van der Waals surface area contributed by atoms with Crippen LogP contribution in [-0.4, -0.2) is 49.3 Å². The molecular weight excluding hydrogens is 248 g/mol. The highest BCUT2D eigenvalue weighted by atomic mass is 16.5. The van der Waals surface area contributed by atoms with Crippen LogP contribution in [0.15, 0.2) is 0 Å². The molecule has 1 N–H and O–H groups in total. The van der Waals surface area contributed by atoms with Crippen molar-refractivity contribution in [2.75, 3.05) is 26.2 Å². The van der Waals surface area contributed by atoms with Gasteiger partial charge in [-0.3, -0.25) is 4.90 Å². The van der Waals surface area contributed by atoms with Crippen LogP contribution in [-0.2, 0) is 4.74 Å². The summed E-state index contributed by atoms with van der Waals surface area (Å²) in [4.78, 5) is 2.70. The first kappa shape index (κ1) is 14.8. The Morgan fingerprint density at radius 3 is 2.60 bits per heavy atom. The summed E-state index contributed by atoms with van der Waals surface area (Å²) in [7, 11) is 0. The van der Waals surface area contributed by atoms with Crippen LogP contribution in [0.1, 0.15) is 58.8 Å². The Morgan fingerprint density at radius 2 is 1.90 bits per heavy atom. The van der Waals surface area contributed by atoms with Crippen molar-refractivity contribution in [3.05, 3.63) is 0 Å². The molecule has 2 saturated carbocycles. The van der Waals surface area contributed by atoms with Crippen LogP contribution in [0, 0.1) is 5.41 Å². The van der Waals surface area contributed by atoms with Crippen LogP contribution in [0.4, 0.5) is 0 Å². The van der Waals surface area contributed by atoms with Gasteiger partial charge in [-0.2, -0.15) is 0 Å². The summed E-state index contributed by atoms with van der Waals surface area (Å²) in [6.07, 6.45) is 10.4. The molecule has 3 fully saturated rings. The third-order valence-electron chi connectivity index (χ3n) is 5.53. The van der Waals surface area contributed by atoms with Gasteiger partial charge in [0.05, 0.1) is 12.7 Å². The number of hydrogen-bond acceptors (Lipinski definition) is 3. The first-order valence-corrected chi connectivity index (χ1v) is 8.76. The molecule has 3 heteroatoms. The van der Waals surface area contributed by atoms with E-state index in [1.54, 1.807) is 0 Å². The molecule has 0 aromatic heterocycles. The molecular formula is C17H32N2O. The molecule has 1 aliphatic heterocycles. The van der Waals surface area contributed by atoms with Crippen molar-refractivity contribution in [1.82, 2.24) is 10.2 Å². The summed E-state index contributed by atoms with van der Waals surface area (Å²) in [5.41, 5.74) is 0.534. The van der Waals surface area contributed by atoms with E-state index < -0.39 is 0 Å². The molecule has 3 nitrogen and oxygen atoms in total. The van der Waals surface area contributed by atoms with Crippen molar-refractivity contribution in [1.29, 1.82) is 0 Å². The molecule has 2 unspecified atom stereocenters. The molecule has 0 spiro atoms. The molecule has 0 radical (unpaired) electrons. The van der Waals surface area contributed by atoms with Crippen LogP contribution in [0.3, 0.4) is 0 Å². The fraction of sp³-hybridized carbons (Fsp3) is 1.00. The lowest BCUT2D eigenvalue weighted by Gasteiger charge is -2.46. The van der Waals surface area contributed by atoms with Gasteiger partial charge in [-0.1, -0.05) is 19.3 Å². The summed E-state index contributed by atoms with van der Waals surface area (Å²) in [6, 6.07) is 1.43. The Kier molecular flexibility index (Phi) is 4.68. The largest absolute Gasteiger partial charge is 0.376 e. The number of hydrogen-bond donors (Lipinski definition) is 1. The quantitative estimate of drug-likeness (QED) is 0.838. The lowest BCUT2D eigenvalue weighted by Crippen LogP contribution is -2.54. The molecule has 0 amide bonds. The Bertz CT molecular complexity index is 310. The van der Waals surface area contributed by atoms with E-state index in [2.05, 4.69) is 24.1 Å². The second-order valence-corrected chi connectivity index (χ2v) is 7.64. The Hall–Kier alpha value is -0.120. The number of nitrogens with one attached hydrogen (secondary N) is 1. The van der Waals surface area contributed by atoms with Gasteiger partial charge in [0.15, 0.2) is 0 Å². The molecule has 3 aliphatic rings. The van der Waals surface area contributed by atoms with Gasteiger partial charge in [-0.15, -0.1) is 0 Å². The summed E-state index contributed by atoms with van der Waals surface area (Å²) < 4.78 is 5.79. The zero-order valence-corrected chi connectivity index (χ0v) is 13.4. The van der Waals surface area contributed by atoms with E-state index in [1.807, 2.05) is 0 Å². The van der Waals surface area contributed by atoms with E-state index in [0.29, 0.717) is 17.6 Å². The minimum atomic E-state index is 0.406. The van der Waals surface area contributed by atoms with Gasteiger partial charge in [0.1, 0.15) is 0 Å². The smallest absolute Gasteiger partial charge is 0.0674 e. The second kappa shape index (κ2) is 6.33. The van der Waals surface area contributed by atoms with Gasteiger partial charge in [0.25, 0.3) is 0 Å². The molecule has 0 aromatic rings. The van der Waals surface area contributed by atoms with E-state index in [0.717, 1.165) is 19.2 Å². The Morgan fingerprint density at radius 1 is 1.15 bits per heavy atom. The number of rotatable bonds is 5.